The zero-order chi connectivity index (χ0) is 14.0. The highest BCUT2D eigenvalue weighted by atomic mass is 32.2. The van der Waals surface area contributed by atoms with Crippen molar-refractivity contribution in [3.8, 4) is 0 Å². The largest absolute Gasteiger partial charge is 0.326 e. The van der Waals surface area contributed by atoms with E-state index in [0.29, 0.717) is 41.6 Å². The van der Waals surface area contributed by atoms with Crippen molar-refractivity contribution in [2.75, 3.05) is 24.6 Å². The van der Waals surface area contributed by atoms with Crippen LogP contribution in [0.4, 0.5) is 0 Å². The second-order valence-corrected chi connectivity index (χ2v) is 8.10. The van der Waals surface area contributed by atoms with Gasteiger partial charge in [0.1, 0.15) is 0 Å². The van der Waals surface area contributed by atoms with E-state index in [0.717, 1.165) is 5.56 Å². The number of nitrogens with zero attached hydrogens (tertiary/aromatic N) is 1. The number of sulfonamides is 1. The van der Waals surface area contributed by atoms with Crippen molar-refractivity contribution in [3.63, 3.8) is 0 Å². The van der Waals surface area contributed by atoms with Crippen LogP contribution in [0.2, 0.25) is 0 Å². The normalized spacial score (nSPS) is 18.6. The van der Waals surface area contributed by atoms with E-state index in [1.807, 2.05) is 6.07 Å². The fourth-order valence-electron chi connectivity index (χ4n) is 2.16. The lowest BCUT2D eigenvalue weighted by molar-refractivity contribution is 0.438. The third-order valence-electron chi connectivity index (χ3n) is 3.37. The number of nitrogens with two attached hydrogens (primary N) is 1. The van der Waals surface area contributed by atoms with Gasteiger partial charge in [-0.05, 0) is 24.1 Å². The second kappa shape index (κ2) is 5.70. The lowest BCUT2D eigenvalue weighted by Gasteiger charge is -2.26. The van der Waals surface area contributed by atoms with E-state index in [-0.39, 0.29) is 0 Å². The van der Waals surface area contributed by atoms with Gasteiger partial charge in [0.05, 0.1) is 4.90 Å². The van der Waals surface area contributed by atoms with Crippen molar-refractivity contribution in [1.82, 2.24) is 4.31 Å². The maximum Gasteiger partial charge on any atom is 0.243 e. The van der Waals surface area contributed by atoms with Crippen LogP contribution in [-0.4, -0.2) is 41.5 Å². The van der Waals surface area contributed by atoms with Crippen molar-refractivity contribution < 1.29 is 12.6 Å². The summed E-state index contributed by atoms with van der Waals surface area (Å²) in [5.74, 6) is 0.823. The van der Waals surface area contributed by atoms with Gasteiger partial charge in [0, 0.05) is 41.9 Å². The molecule has 1 aromatic rings. The van der Waals surface area contributed by atoms with E-state index in [4.69, 9.17) is 5.73 Å². The van der Waals surface area contributed by atoms with Gasteiger partial charge in [0.25, 0.3) is 0 Å². The molecule has 1 aliphatic rings. The third kappa shape index (κ3) is 2.89. The van der Waals surface area contributed by atoms with Gasteiger partial charge in [0.15, 0.2) is 0 Å². The summed E-state index contributed by atoms with van der Waals surface area (Å²) in [5.41, 5.74) is 7.15. The highest BCUT2D eigenvalue weighted by molar-refractivity contribution is 7.89. The summed E-state index contributed by atoms with van der Waals surface area (Å²) in [7, 11) is -4.39. The smallest absolute Gasteiger partial charge is 0.243 e. The van der Waals surface area contributed by atoms with Gasteiger partial charge in [-0.2, -0.15) is 4.31 Å². The first-order chi connectivity index (χ1) is 8.96. The molecule has 0 spiro atoms. The highest BCUT2D eigenvalue weighted by Crippen LogP contribution is 2.23. The van der Waals surface area contributed by atoms with Crippen LogP contribution in [0.25, 0.3) is 0 Å². The molecule has 2 rings (SSSR count). The van der Waals surface area contributed by atoms with Crippen LogP contribution in [0.3, 0.4) is 0 Å². The number of rotatable bonds is 3. The summed E-state index contributed by atoms with van der Waals surface area (Å²) in [4.78, 5) is 0.308. The summed E-state index contributed by atoms with van der Waals surface area (Å²) >= 11 is 0. The van der Waals surface area contributed by atoms with Crippen LogP contribution in [0, 0.1) is 6.92 Å². The van der Waals surface area contributed by atoms with Crippen LogP contribution in [0.15, 0.2) is 23.1 Å². The molecule has 0 atom stereocenters. The zero-order valence-corrected chi connectivity index (χ0v) is 12.5. The number of benzene rings is 1. The first-order valence-corrected chi connectivity index (χ1v) is 9.03. The predicted molar refractivity (Wildman–Crippen MR) is 75.7 cm³/mol. The van der Waals surface area contributed by atoms with Gasteiger partial charge in [-0.1, -0.05) is 12.1 Å². The maximum absolute atomic E-state index is 12.6. The van der Waals surface area contributed by atoms with Crippen molar-refractivity contribution >= 4 is 20.8 Å². The molecule has 0 bridgehead atoms. The Hall–Kier alpha value is -0.760. The molecule has 0 amide bonds. The number of hydrogen-bond acceptors (Lipinski definition) is 4. The minimum absolute atomic E-state index is 0.308. The van der Waals surface area contributed by atoms with Gasteiger partial charge >= 0.3 is 0 Å². The van der Waals surface area contributed by atoms with E-state index in [1.54, 1.807) is 19.1 Å². The summed E-state index contributed by atoms with van der Waals surface area (Å²) < 4.78 is 37.9. The predicted octanol–water partition coefficient (Wildman–Crippen LogP) is 0.207. The van der Waals surface area contributed by atoms with Crippen LogP contribution in [-0.2, 0) is 27.4 Å². The first-order valence-electron chi connectivity index (χ1n) is 6.10. The Labute approximate surface area is 116 Å². The molecule has 0 aromatic heterocycles. The van der Waals surface area contributed by atoms with Crippen molar-refractivity contribution in [2.24, 2.45) is 5.73 Å². The Morgan fingerprint density at radius 3 is 2.53 bits per heavy atom. The number of hydrogen-bond donors (Lipinski definition) is 1. The molecule has 1 fully saturated rings. The fraction of sp³-hybridized carbons (Fsp3) is 0.500. The maximum atomic E-state index is 12.6. The lowest BCUT2D eigenvalue weighted by Crippen LogP contribution is -2.41. The Morgan fingerprint density at radius 1 is 1.32 bits per heavy atom. The van der Waals surface area contributed by atoms with Crippen LogP contribution in [0.1, 0.15) is 11.1 Å². The summed E-state index contributed by atoms with van der Waals surface area (Å²) in [6, 6.07) is 5.15. The van der Waals surface area contributed by atoms with Gasteiger partial charge < -0.3 is 5.73 Å². The Bertz CT molecular complexity index is 589. The quantitative estimate of drug-likeness (QED) is 0.865. The minimum atomic E-state index is -3.51. The minimum Gasteiger partial charge on any atom is -0.326 e. The van der Waals surface area contributed by atoms with Crippen molar-refractivity contribution in [3.05, 3.63) is 29.3 Å². The van der Waals surface area contributed by atoms with Gasteiger partial charge in [-0.25, -0.2) is 8.42 Å². The molecule has 2 N–H and O–H groups in total. The molecule has 0 unspecified atom stereocenters. The second-order valence-electron chi connectivity index (χ2n) is 4.50. The van der Waals surface area contributed by atoms with E-state index in [2.05, 4.69) is 0 Å². The van der Waals surface area contributed by atoms with Crippen molar-refractivity contribution in [1.29, 1.82) is 0 Å². The van der Waals surface area contributed by atoms with Crippen LogP contribution < -0.4 is 5.73 Å². The summed E-state index contributed by atoms with van der Waals surface area (Å²) in [5, 5.41) is 0. The highest BCUT2D eigenvalue weighted by Gasteiger charge is 2.29. The SMILES string of the molecule is Cc1c(CN)cccc1S(=O)(=O)N1CCS(=O)CC1. The van der Waals surface area contributed by atoms with Gasteiger partial charge in [-0.3, -0.25) is 4.21 Å². The topological polar surface area (TPSA) is 80.5 Å². The molecular formula is C12H18N2O3S2. The molecule has 106 valence electrons. The monoisotopic (exact) mass is 302 g/mol. The molecule has 1 heterocycles. The standard InChI is InChI=1S/C12H18N2O3S2/c1-10-11(9-13)3-2-4-12(10)19(16,17)14-5-7-18(15)8-6-14/h2-4H,5-9,13H2,1H3. The molecule has 1 saturated heterocycles. The molecule has 5 nitrogen and oxygen atoms in total. The lowest BCUT2D eigenvalue weighted by atomic mass is 10.1. The average molecular weight is 302 g/mol. The van der Waals surface area contributed by atoms with E-state index >= 15 is 0 Å². The van der Waals surface area contributed by atoms with Crippen molar-refractivity contribution in [2.45, 2.75) is 18.4 Å². The molecule has 0 aliphatic carbocycles. The van der Waals surface area contributed by atoms with Crippen LogP contribution in [0.5, 0.6) is 0 Å². The van der Waals surface area contributed by atoms with Crippen LogP contribution >= 0.6 is 0 Å². The van der Waals surface area contributed by atoms with Gasteiger partial charge in [-0.15, -0.1) is 0 Å². The van der Waals surface area contributed by atoms with E-state index < -0.39 is 20.8 Å². The molecule has 7 heteroatoms. The Kier molecular flexibility index (Phi) is 4.39. The Balaban J connectivity index is 2.37. The molecular weight excluding hydrogens is 284 g/mol. The summed E-state index contributed by atoms with van der Waals surface area (Å²) in [6.07, 6.45) is 0. The molecule has 19 heavy (non-hydrogen) atoms. The summed E-state index contributed by atoms with van der Waals surface area (Å²) in [6.45, 7) is 2.73. The molecule has 1 aromatic carbocycles. The van der Waals surface area contributed by atoms with Gasteiger partial charge in [0.2, 0.25) is 10.0 Å². The Morgan fingerprint density at radius 2 is 1.95 bits per heavy atom. The molecule has 0 saturated carbocycles. The first kappa shape index (κ1) is 14.6. The third-order valence-corrected chi connectivity index (χ3v) is 6.69. The van der Waals surface area contributed by atoms with E-state index in [9.17, 15) is 12.6 Å². The molecule has 1 aliphatic heterocycles. The van der Waals surface area contributed by atoms with E-state index in [1.165, 1.54) is 4.31 Å². The average Bonchev–Trinajstić information content (AvgIpc) is 2.39. The molecule has 0 radical (unpaired) electrons. The zero-order valence-electron chi connectivity index (χ0n) is 10.8. The fourth-order valence-corrected chi connectivity index (χ4v) is 5.15.